The molecule has 23 heavy (non-hydrogen) atoms. The summed E-state index contributed by atoms with van der Waals surface area (Å²) < 4.78 is 0. The van der Waals surface area contributed by atoms with Crippen molar-refractivity contribution in [3.8, 4) is 5.75 Å². The van der Waals surface area contributed by atoms with Gasteiger partial charge in [-0.15, -0.1) is 0 Å². The molecule has 0 bridgehead atoms. The van der Waals surface area contributed by atoms with E-state index in [9.17, 15) is 9.90 Å². The van der Waals surface area contributed by atoms with Crippen LogP contribution in [0.25, 0.3) is 10.8 Å². The molecule has 0 fully saturated rings. The molecule has 0 aliphatic carbocycles. The SMILES string of the molecule is CC(C)(C(=O)Cc1cccc2cccc(O)c12)c1ccccc1. The van der Waals surface area contributed by atoms with Gasteiger partial charge in [-0.2, -0.15) is 0 Å². The summed E-state index contributed by atoms with van der Waals surface area (Å²) >= 11 is 0. The van der Waals surface area contributed by atoms with Crippen molar-refractivity contribution >= 4 is 16.6 Å². The third kappa shape index (κ3) is 2.85. The third-order valence-corrected chi connectivity index (χ3v) is 4.51. The molecule has 3 aromatic rings. The van der Waals surface area contributed by atoms with E-state index in [4.69, 9.17) is 0 Å². The van der Waals surface area contributed by atoms with Crippen LogP contribution in [0, 0.1) is 0 Å². The van der Waals surface area contributed by atoms with E-state index >= 15 is 0 Å². The summed E-state index contributed by atoms with van der Waals surface area (Å²) in [5, 5.41) is 11.9. The number of benzene rings is 3. The Morgan fingerprint density at radius 2 is 1.57 bits per heavy atom. The second kappa shape index (κ2) is 5.88. The van der Waals surface area contributed by atoms with E-state index in [0.717, 1.165) is 21.9 Å². The van der Waals surface area contributed by atoms with Crippen molar-refractivity contribution in [2.45, 2.75) is 25.7 Å². The zero-order chi connectivity index (χ0) is 16.4. The lowest BCUT2D eigenvalue weighted by Gasteiger charge is -2.24. The number of rotatable bonds is 4. The van der Waals surface area contributed by atoms with Gasteiger partial charge < -0.3 is 5.11 Å². The normalized spacial score (nSPS) is 11.6. The van der Waals surface area contributed by atoms with Gasteiger partial charge in [0.1, 0.15) is 11.5 Å². The summed E-state index contributed by atoms with van der Waals surface area (Å²) in [4.78, 5) is 12.9. The van der Waals surface area contributed by atoms with Crippen LogP contribution < -0.4 is 0 Å². The highest BCUT2D eigenvalue weighted by Crippen LogP contribution is 2.31. The molecule has 0 aromatic heterocycles. The maximum Gasteiger partial charge on any atom is 0.147 e. The fourth-order valence-corrected chi connectivity index (χ4v) is 2.95. The second-order valence-electron chi connectivity index (χ2n) is 6.38. The molecule has 1 N–H and O–H groups in total. The molecule has 2 heteroatoms. The first-order valence-electron chi connectivity index (χ1n) is 7.78. The van der Waals surface area contributed by atoms with Gasteiger partial charge in [-0.05, 0) is 36.4 Å². The lowest BCUT2D eigenvalue weighted by molar-refractivity contribution is -0.122. The Bertz CT molecular complexity index is 843. The molecule has 116 valence electrons. The molecule has 0 atom stereocenters. The van der Waals surface area contributed by atoms with E-state index in [1.807, 2.05) is 74.5 Å². The number of aromatic hydroxyl groups is 1. The first-order valence-corrected chi connectivity index (χ1v) is 7.78. The fraction of sp³-hybridized carbons (Fsp3) is 0.190. The van der Waals surface area contributed by atoms with E-state index in [1.165, 1.54) is 0 Å². The van der Waals surface area contributed by atoms with E-state index in [1.54, 1.807) is 6.07 Å². The van der Waals surface area contributed by atoms with Gasteiger partial charge in [0.25, 0.3) is 0 Å². The summed E-state index contributed by atoms with van der Waals surface area (Å²) in [5.74, 6) is 0.364. The highest BCUT2D eigenvalue weighted by atomic mass is 16.3. The van der Waals surface area contributed by atoms with Crippen molar-refractivity contribution in [2.24, 2.45) is 0 Å². The van der Waals surface area contributed by atoms with Crippen LogP contribution in [0.4, 0.5) is 0 Å². The van der Waals surface area contributed by atoms with Crippen molar-refractivity contribution in [3.63, 3.8) is 0 Å². The molecular formula is C21H20O2. The molecular weight excluding hydrogens is 284 g/mol. The number of hydrogen-bond acceptors (Lipinski definition) is 2. The Morgan fingerprint density at radius 1 is 0.913 bits per heavy atom. The minimum atomic E-state index is -0.562. The van der Waals surface area contributed by atoms with Crippen molar-refractivity contribution < 1.29 is 9.90 Å². The Labute approximate surface area is 136 Å². The highest BCUT2D eigenvalue weighted by molar-refractivity contribution is 5.97. The molecule has 3 aromatic carbocycles. The Balaban J connectivity index is 1.98. The summed E-state index contributed by atoms with van der Waals surface area (Å²) in [5.41, 5.74) is 1.32. The number of fused-ring (bicyclic) bond motifs is 1. The largest absolute Gasteiger partial charge is 0.507 e. The topological polar surface area (TPSA) is 37.3 Å². The smallest absolute Gasteiger partial charge is 0.147 e. The second-order valence-corrected chi connectivity index (χ2v) is 6.38. The number of phenols is 1. The van der Waals surface area contributed by atoms with Crippen LogP contribution in [0.1, 0.15) is 25.0 Å². The van der Waals surface area contributed by atoms with E-state index in [0.29, 0.717) is 6.42 Å². The van der Waals surface area contributed by atoms with Crippen LogP contribution in [0.15, 0.2) is 66.7 Å². The number of ketones is 1. The van der Waals surface area contributed by atoms with Gasteiger partial charge in [0.05, 0.1) is 0 Å². The number of carbonyl (C=O) groups excluding carboxylic acids is 1. The quantitative estimate of drug-likeness (QED) is 0.762. The van der Waals surface area contributed by atoms with Gasteiger partial charge in [0.15, 0.2) is 0 Å². The van der Waals surface area contributed by atoms with Crippen molar-refractivity contribution in [3.05, 3.63) is 77.9 Å². The first-order chi connectivity index (χ1) is 11.0. The molecule has 0 unspecified atom stereocenters. The lowest BCUT2D eigenvalue weighted by Crippen LogP contribution is -2.30. The zero-order valence-corrected chi connectivity index (χ0v) is 13.4. The predicted molar refractivity (Wildman–Crippen MR) is 93.8 cm³/mol. The lowest BCUT2D eigenvalue weighted by atomic mass is 9.78. The average molecular weight is 304 g/mol. The van der Waals surface area contributed by atoms with Gasteiger partial charge in [0, 0.05) is 17.2 Å². The van der Waals surface area contributed by atoms with Crippen LogP contribution in [-0.4, -0.2) is 10.9 Å². The van der Waals surface area contributed by atoms with Crippen LogP contribution >= 0.6 is 0 Å². The summed E-state index contributed by atoms with van der Waals surface area (Å²) in [6, 6.07) is 21.1. The standard InChI is InChI=1S/C21H20O2/c1-21(2,17-11-4-3-5-12-17)19(23)14-16-10-6-8-15-9-7-13-18(22)20(15)16/h3-13,22H,14H2,1-2H3. The summed E-state index contributed by atoms with van der Waals surface area (Å²) in [6.45, 7) is 3.91. The zero-order valence-electron chi connectivity index (χ0n) is 13.4. The Morgan fingerprint density at radius 3 is 2.26 bits per heavy atom. The van der Waals surface area contributed by atoms with E-state index < -0.39 is 5.41 Å². The molecule has 0 saturated carbocycles. The number of hydrogen-bond donors (Lipinski definition) is 1. The molecule has 0 aliphatic rings. The molecule has 2 nitrogen and oxygen atoms in total. The van der Waals surface area contributed by atoms with Crippen LogP contribution in [0.2, 0.25) is 0 Å². The minimum Gasteiger partial charge on any atom is -0.507 e. The fourth-order valence-electron chi connectivity index (χ4n) is 2.95. The van der Waals surface area contributed by atoms with E-state index in [-0.39, 0.29) is 11.5 Å². The molecule has 0 radical (unpaired) electrons. The van der Waals surface area contributed by atoms with Gasteiger partial charge >= 0.3 is 0 Å². The highest BCUT2D eigenvalue weighted by Gasteiger charge is 2.29. The van der Waals surface area contributed by atoms with Gasteiger partial charge in [0.2, 0.25) is 0 Å². The Kier molecular flexibility index (Phi) is 3.91. The van der Waals surface area contributed by atoms with Gasteiger partial charge in [-0.25, -0.2) is 0 Å². The monoisotopic (exact) mass is 304 g/mol. The molecule has 3 rings (SSSR count). The maximum atomic E-state index is 12.9. The molecule has 0 amide bonds. The Hall–Kier alpha value is -2.61. The number of phenolic OH excluding ortho intramolecular Hbond substituents is 1. The molecule has 0 heterocycles. The van der Waals surface area contributed by atoms with Crippen molar-refractivity contribution in [1.82, 2.24) is 0 Å². The molecule has 0 aliphatic heterocycles. The summed E-state index contributed by atoms with van der Waals surface area (Å²) in [6.07, 6.45) is 0.302. The van der Waals surface area contributed by atoms with Crippen molar-refractivity contribution in [2.75, 3.05) is 0 Å². The van der Waals surface area contributed by atoms with Crippen LogP contribution in [0.5, 0.6) is 5.75 Å². The van der Waals surface area contributed by atoms with Crippen LogP contribution in [-0.2, 0) is 16.6 Å². The first kappa shape index (κ1) is 15.3. The maximum absolute atomic E-state index is 12.9. The van der Waals surface area contributed by atoms with Gasteiger partial charge in [-0.3, -0.25) is 4.79 Å². The van der Waals surface area contributed by atoms with Crippen LogP contribution in [0.3, 0.4) is 0 Å². The summed E-state index contributed by atoms with van der Waals surface area (Å²) in [7, 11) is 0. The molecule has 0 spiro atoms. The molecule has 0 saturated heterocycles. The number of carbonyl (C=O) groups is 1. The van der Waals surface area contributed by atoms with Crippen molar-refractivity contribution in [1.29, 1.82) is 0 Å². The predicted octanol–water partition coefficient (Wildman–Crippen LogP) is 4.63. The third-order valence-electron chi connectivity index (χ3n) is 4.51. The average Bonchev–Trinajstić information content (AvgIpc) is 2.56. The minimum absolute atomic E-state index is 0.138. The number of Topliss-reactive ketones (excluding diaryl/α,β-unsaturated/α-hetero) is 1. The van der Waals surface area contributed by atoms with E-state index in [2.05, 4.69) is 0 Å². The van der Waals surface area contributed by atoms with Gasteiger partial charge in [-0.1, -0.05) is 60.7 Å².